The molecular weight excluding hydrogens is 314 g/mol. The summed E-state index contributed by atoms with van der Waals surface area (Å²) in [6, 6.07) is 5.67. The fraction of sp³-hybridized carbons (Fsp3) is 0.500. The number of nitrogens with one attached hydrogen (secondary N) is 1. The summed E-state index contributed by atoms with van der Waals surface area (Å²) in [4.78, 5) is 19.1. The summed E-state index contributed by atoms with van der Waals surface area (Å²) >= 11 is 1.63. The lowest BCUT2D eigenvalue weighted by Gasteiger charge is -2.25. The molecule has 0 bridgehead atoms. The van der Waals surface area contributed by atoms with Gasteiger partial charge in [-0.2, -0.15) is 0 Å². The van der Waals surface area contributed by atoms with Gasteiger partial charge in [0, 0.05) is 38.9 Å². The number of hydrogen-bond donors (Lipinski definition) is 1. The van der Waals surface area contributed by atoms with E-state index in [1.165, 1.54) is 0 Å². The number of benzene rings is 1. The molecule has 1 N–H and O–H groups in total. The summed E-state index contributed by atoms with van der Waals surface area (Å²) in [6.45, 7) is 4.49. The summed E-state index contributed by atoms with van der Waals surface area (Å²) in [5.74, 6) is -0.0516. The summed E-state index contributed by atoms with van der Waals surface area (Å²) in [5, 5.41) is 3.91. The first-order valence-electron chi connectivity index (χ1n) is 7.78. The standard InChI is InChI=1S/C16H21N3O3S/c1-21-8-2-5-17-15(20)12-3-4-13-14(11-12)23-16(18-13)19-6-9-22-10-7-19/h3-4,11H,2,5-10H2,1H3,(H,17,20). The molecular formula is C16H21N3O3S. The molecule has 1 aromatic carbocycles. The number of rotatable bonds is 6. The third kappa shape index (κ3) is 3.99. The van der Waals surface area contributed by atoms with Gasteiger partial charge >= 0.3 is 0 Å². The number of amides is 1. The number of carbonyl (C=O) groups excluding carboxylic acids is 1. The highest BCUT2D eigenvalue weighted by Crippen LogP contribution is 2.29. The lowest BCUT2D eigenvalue weighted by molar-refractivity contribution is 0.0948. The SMILES string of the molecule is COCCCNC(=O)c1ccc2nc(N3CCOCC3)sc2c1. The number of ether oxygens (including phenoxy) is 2. The maximum absolute atomic E-state index is 12.2. The first-order chi connectivity index (χ1) is 11.3. The number of fused-ring (bicyclic) bond motifs is 1. The van der Waals surface area contributed by atoms with Gasteiger partial charge in [-0.15, -0.1) is 0 Å². The van der Waals surface area contributed by atoms with Crippen molar-refractivity contribution in [2.24, 2.45) is 0 Å². The minimum Gasteiger partial charge on any atom is -0.385 e. The molecule has 124 valence electrons. The molecule has 1 aromatic heterocycles. The fourth-order valence-electron chi connectivity index (χ4n) is 2.46. The number of nitrogens with zero attached hydrogens (tertiary/aromatic N) is 2. The van der Waals surface area contributed by atoms with Crippen LogP contribution in [-0.4, -0.2) is 57.5 Å². The first-order valence-corrected chi connectivity index (χ1v) is 8.60. The van der Waals surface area contributed by atoms with E-state index in [9.17, 15) is 4.79 Å². The van der Waals surface area contributed by atoms with Crippen molar-refractivity contribution < 1.29 is 14.3 Å². The van der Waals surface area contributed by atoms with E-state index in [1.54, 1.807) is 18.4 Å². The van der Waals surface area contributed by atoms with Gasteiger partial charge in [0.05, 0.1) is 23.4 Å². The molecule has 1 amide bonds. The molecule has 0 atom stereocenters. The number of methoxy groups -OCH3 is 1. The number of aromatic nitrogens is 1. The zero-order chi connectivity index (χ0) is 16.1. The fourth-order valence-corrected chi connectivity index (χ4v) is 3.52. The first kappa shape index (κ1) is 16.2. The highest BCUT2D eigenvalue weighted by atomic mass is 32.1. The van der Waals surface area contributed by atoms with Crippen molar-refractivity contribution in [1.29, 1.82) is 0 Å². The molecule has 0 spiro atoms. The Morgan fingerprint density at radius 1 is 1.43 bits per heavy atom. The molecule has 2 aromatic rings. The lowest BCUT2D eigenvalue weighted by Crippen LogP contribution is -2.36. The Bertz CT molecular complexity index is 668. The Hall–Kier alpha value is -1.70. The zero-order valence-corrected chi connectivity index (χ0v) is 14.0. The van der Waals surface area contributed by atoms with Gasteiger partial charge in [0.2, 0.25) is 0 Å². The third-order valence-corrected chi connectivity index (χ3v) is 4.81. The van der Waals surface area contributed by atoms with Crippen LogP contribution in [0.15, 0.2) is 18.2 Å². The van der Waals surface area contributed by atoms with Gasteiger partial charge in [-0.05, 0) is 24.6 Å². The topological polar surface area (TPSA) is 63.7 Å². The van der Waals surface area contributed by atoms with Crippen molar-refractivity contribution >= 4 is 32.6 Å². The van der Waals surface area contributed by atoms with Gasteiger partial charge in [0.15, 0.2) is 5.13 Å². The molecule has 1 aliphatic heterocycles. The maximum atomic E-state index is 12.2. The van der Waals surface area contributed by atoms with E-state index >= 15 is 0 Å². The molecule has 0 aliphatic carbocycles. The molecule has 23 heavy (non-hydrogen) atoms. The second-order valence-electron chi connectivity index (χ2n) is 5.38. The highest BCUT2D eigenvalue weighted by molar-refractivity contribution is 7.22. The van der Waals surface area contributed by atoms with E-state index in [0.29, 0.717) is 18.7 Å². The molecule has 6 nitrogen and oxygen atoms in total. The van der Waals surface area contributed by atoms with Gasteiger partial charge in [-0.1, -0.05) is 11.3 Å². The largest absolute Gasteiger partial charge is 0.385 e. The van der Waals surface area contributed by atoms with E-state index in [2.05, 4.69) is 15.2 Å². The molecule has 1 saturated heterocycles. The van der Waals surface area contributed by atoms with Gasteiger partial charge in [0.25, 0.3) is 5.91 Å². The van der Waals surface area contributed by atoms with E-state index in [0.717, 1.165) is 48.1 Å². The Morgan fingerprint density at radius 2 is 2.26 bits per heavy atom. The molecule has 0 saturated carbocycles. The van der Waals surface area contributed by atoms with Crippen molar-refractivity contribution in [1.82, 2.24) is 10.3 Å². The molecule has 0 unspecified atom stereocenters. The summed E-state index contributed by atoms with van der Waals surface area (Å²) in [6.07, 6.45) is 0.812. The van der Waals surface area contributed by atoms with Gasteiger partial charge < -0.3 is 19.7 Å². The van der Waals surface area contributed by atoms with Gasteiger partial charge in [0.1, 0.15) is 0 Å². The molecule has 3 rings (SSSR count). The van der Waals surface area contributed by atoms with Crippen LogP contribution < -0.4 is 10.2 Å². The van der Waals surface area contributed by atoms with Gasteiger partial charge in [-0.25, -0.2) is 4.98 Å². The number of carbonyl (C=O) groups is 1. The Kier molecular flexibility index (Phi) is 5.43. The van der Waals surface area contributed by atoms with E-state index in [4.69, 9.17) is 9.47 Å². The highest BCUT2D eigenvalue weighted by Gasteiger charge is 2.16. The predicted molar refractivity (Wildman–Crippen MR) is 91.5 cm³/mol. The Labute approximate surface area is 139 Å². The number of hydrogen-bond acceptors (Lipinski definition) is 6. The number of anilines is 1. The zero-order valence-electron chi connectivity index (χ0n) is 13.2. The van der Waals surface area contributed by atoms with Crippen LogP contribution in [0, 0.1) is 0 Å². The molecule has 2 heterocycles. The summed E-state index contributed by atoms with van der Waals surface area (Å²) < 4.78 is 11.4. The van der Waals surface area contributed by atoms with Crippen LogP contribution in [0.25, 0.3) is 10.2 Å². The lowest BCUT2D eigenvalue weighted by atomic mass is 10.2. The second-order valence-corrected chi connectivity index (χ2v) is 6.39. The van der Waals surface area contributed by atoms with Crippen molar-refractivity contribution in [2.45, 2.75) is 6.42 Å². The monoisotopic (exact) mass is 335 g/mol. The Balaban J connectivity index is 1.69. The second kappa shape index (κ2) is 7.72. The molecule has 1 fully saturated rings. The summed E-state index contributed by atoms with van der Waals surface area (Å²) in [7, 11) is 1.66. The van der Waals surface area contributed by atoms with Crippen LogP contribution in [0.1, 0.15) is 16.8 Å². The average molecular weight is 335 g/mol. The quantitative estimate of drug-likeness (QED) is 0.817. The smallest absolute Gasteiger partial charge is 0.251 e. The normalized spacial score (nSPS) is 15.1. The van der Waals surface area contributed by atoms with Crippen LogP contribution in [0.3, 0.4) is 0 Å². The van der Waals surface area contributed by atoms with Crippen LogP contribution >= 0.6 is 11.3 Å². The number of thiazole rings is 1. The average Bonchev–Trinajstić information content (AvgIpc) is 3.02. The predicted octanol–water partition coefficient (Wildman–Crippen LogP) is 1.90. The molecule has 0 radical (unpaired) electrons. The maximum Gasteiger partial charge on any atom is 0.251 e. The van der Waals surface area contributed by atoms with Crippen LogP contribution in [0.2, 0.25) is 0 Å². The Morgan fingerprint density at radius 3 is 3.04 bits per heavy atom. The minimum absolute atomic E-state index is 0.0516. The van der Waals surface area contributed by atoms with Crippen molar-refractivity contribution in [3.63, 3.8) is 0 Å². The van der Waals surface area contributed by atoms with E-state index < -0.39 is 0 Å². The molecule has 1 aliphatic rings. The molecule has 7 heteroatoms. The van der Waals surface area contributed by atoms with Gasteiger partial charge in [-0.3, -0.25) is 4.79 Å². The number of morpholine rings is 1. The van der Waals surface area contributed by atoms with Crippen molar-refractivity contribution in [3.8, 4) is 0 Å². The third-order valence-electron chi connectivity index (χ3n) is 3.73. The van der Waals surface area contributed by atoms with E-state index in [-0.39, 0.29) is 5.91 Å². The van der Waals surface area contributed by atoms with Crippen molar-refractivity contribution in [3.05, 3.63) is 23.8 Å². The summed E-state index contributed by atoms with van der Waals surface area (Å²) in [5.41, 5.74) is 1.61. The van der Waals surface area contributed by atoms with E-state index in [1.807, 2.05) is 18.2 Å². The van der Waals surface area contributed by atoms with Crippen LogP contribution in [0.5, 0.6) is 0 Å². The van der Waals surface area contributed by atoms with Crippen molar-refractivity contribution in [2.75, 3.05) is 51.5 Å². The van der Waals surface area contributed by atoms with Crippen LogP contribution in [-0.2, 0) is 9.47 Å². The minimum atomic E-state index is -0.0516. The van der Waals surface area contributed by atoms with Crippen LogP contribution in [0.4, 0.5) is 5.13 Å².